The van der Waals surface area contributed by atoms with E-state index in [9.17, 15) is 0 Å². The van der Waals surface area contributed by atoms with Crippen LogP contribution in [0.25, 0.3) is 6.08 Å². The van der Waals surface area contributed by atoms with Gasteiger partial charge in [0.15, 0.2) is 0 Å². The quantitative estimate of drug-likeness (QED) is 0.560. The number of H-pyrrole nitrogens is 2. The standard InChI is InChI=1S/C15H18N8/c1-3-9-4-6-10(7-5-9)8-15(2,11-18-13(16)22-20-11)12-19-14(17)23-21-12/h3-7H,1,8H2,2H3,(H3,16,18,20,22)(H3,17,19,21,23). The van der Waals surface area contributed by atoms with Gasteiger partial charge >= 0.3 is 0 Å². The molecule has 8 heteroatoms. The fourth-order valence-corrected chi connectivity index (χ4v) is 2.50. The molecule has 0 radical (unpaired) electrons. The predicted octanol–water partition coefficient (Wildman–Crippen LogP) is 1.28. The largest absolute Gasteiger partial charge is 0.367 e. The van der Waals surface area contributed by atoms with Crippen molar-refractivity contribution >= 4 is 18.0 Å². The number of hydrogen-bond acceptors (Lipinski definition) is 6. The van der Waals surface area contributed by atoms with E-state index < -0.39 is 5.41 Å². The Hall–Kier alpha value is -3.16. The highest BCUT2D eigenvalue weighted by Crippen LogP contribution is 2.31. The number of anilines is 2. The Morgan fingerprint density at radius 3 is 1.96 bits per heavy atom. The van der Waals surface area contributed by atoms with E-state index in [1.807, 2.05) is 31.2 Å². The lowest BCUT2D eigenvalue weighted by atomic mass is 9.82. The molecule has 3 aromatic rings. The molecular weight excluding hydrogens is 292 g/mol. The fraction of sp³-hybridized carbons (Fsp3) is 0.200. The zero-order chi connectivity index (χ0) is 16.4. The van der Waals surface area contributed by atoms with Crippen molar-refractivity contribution in [3.8, 4) is 0 Å². The molecule has 8 nitrogen and oxygen atoms in total. The lowest BCUT2D eigenvalue weighted by molar-refractivity contribution is 0.499. The van der Waals surface area contributed by atoms with E-state index >= 15 is 0 Å². The Kier molecular flexibility index (Phi) is 3.57. The molecule has 6 N–H and O–H groups in total. The molecule has 0 spiro atoms. The lowest BCUT2D eigenvalue weighted by Crippen LogP contribution is -2.30. The van der Waals surface area contributed by atoms with Gasteiger partial charge in [-0.1, -0.05) is 36.9 Å². The predicted molar refractivity (Wildman–Crippen MR) is 88.3 cm³/mol. The number of aromatic nitrogens is 6. The maximum Gasteiger partial charge on any atom is 0.239 e. The average Bonchev–Trinajstić information content (AvgIpc) is 3.17. The van der Waals surface area contributed by atoms with Crippen LogP contribution < -0.4 is 11.5 Å². The van der Waals surface area contributed by atoms with Gasteiger partial charge in [0.25, 0.3) is 0 Å². The van der Waals surface area contributed by atoms with Crippen LogP contribution in [0.15, 0.2) is 30.8 Å². The topological polar surface area (TPSA) is 135 Å². The highest BCUT2D eigenvalue weighted by molar-refractivity contribution is 5.47. The van der Waals surface area contributed by atoms with E-state index in [1.54, 1.807) is 6.08 Å². The van der Waals surface area contributed by atoms with Crippen molar-refractivity contribution in [2.75, 3.05) is 11.5 Å². The summed E-state index contributed by atoms with van der Waals surface area (Å²) >= 11 is 0. The van der Waals surface area contributed by atoms with Crippen LogP contribution >= 0.6 is 0 Å². The maximum atomic E-state index is 5.65. The Bertz CT molecular complexity index is 774. The number of benzene rings is 1. The third-order valence-corrected chi connectivity index (χ3v) is 3.82. The molecule has 0 aliphatic carbocycles. The summed E-state index contributed by atoms with van der Waals surface area (Å²) in [6.45, 7) is 5.74. The highest BCUT2D eigenvalue weighted by Gasteiger charge is 2.36. The Balaban J connectivity index is 2.02. The van der Waals surface area contributed by atoms with Gasteiger partial charge in [-0.3, -0.25) is 10.2 Å². The molecule has 1 aromatic carbocycles. The van der Waals surface area contributed by atoms with Crippen molar-refractivity contribution in [2.45, 2.75) is 18.8 Å². The minimum Gasteiger partial charge on any atom is -0.367 e. The lowest BCUT2D eigenvalue weighted by Gasteiger charge is -2.24. The van der Waals surface area contributed by atoms with Gasteiger partial charge in [-0.15, -0.1) is 10.2 Å². The van der Waals surface area contributed by atoms with Crippen molar-refractivity contribution in [2.24, 2.45) is 0 Å². The molecule has 0 unspecified atom stereocenters. The van der Waals surface area contributed by atoms with Crippen LogP contribution in [-0.4, -0.2) is 30.4 Å². The number of rotatable bonds is 5. The Morgan fingerprint density at radius 1 is 1.04 bits per heavy atom. The second kappa shape index (κ2) is 5.56. The first-order valence-electron chi connectivity index (χ1n) is 7.09. The summed E-state index contributed by atoms with van der Waals surface area (Å²) in [5, 5.41) is 13.6. The number of nitrogens with one attached hydrogen (secondary N) is 2. The Labute approximate surface area is 133 Å². The molecule has 0 amide bonds. The van der Waals surface area contributed by atoms with Gasteiger partial charge in [0.2, 0.25) is 11.9 Å². The van der Waals surface area contributed by atoms with Gasteiger partial charge in [0.05, 0.1) is 5.41 Å². The van der Waals surface area contributed by atoms with Crippen molar-refractivity contribution in [1.82, 2.24) is 30.4 Å². The number of hydrogen-bond donors (Lipinski definition) is 4. The maximum absolute atomic E-state index is 5.65. The fourth-order valence-electron chi connectivity index (χ4n) is 2.50. The molecule has 2 heterocycles. The SMILES string of the molecule is C=Cc1ccc(CC(C)(c2nc(N)n[nH]2)c2nc(N)n[nH]2)cc1. The molecule has 2 aromatic heterocycles. The third-order valence-electron chi connectivity index (χ3n) is 3.82. The average molecular weight is 310 g/mol. The summed E-state index contributed by atoms with van der Waals surface area (Å²) < 4.78 is 0. The third kappa shape index (κ3) is 2.78. The summed E-state index contributed by atoms with van der Waals surface area (Å²) in [6.07, 6.45) is 2.42. The van der Waals surface area contributed by atoms with Crippen molar-refractivity contribution in [3.05, 3.63) is 53.6 Å². The van der Waals surface area contributed by atoms with Gasteiger partial charge in [-0.2, -0.15) is 9.97 Å². The minimum absolute atomic E-state index is 0.181. The first-order chi connectivity index (χ1) is 11.0. The molecule has 0 bridgehead atoms. The molecule has 0 saturated heterocycles. The van der Waals surface area contributed by atoms with Gasteiger partial charge in [-0.05, 0) is 24.5 Å². The van der Waals surface area contributed by atoms with Gasteiger partial charge in [0, 0.05) is 0 Å². The van der Waals surface area contributed by atoms with Crippen molar-refractivity contribution in [1.29, 1.82) is 0 Å². The molecule has 0 aliphatic rings. The van der Waals surface area contributed by atoms with Crippen LogP contribution in [0.3, 0.4) is 0 Å². The molecule has 23 heavy (non-hydrogen) atoms. The summed E-state index contributed by atoms with van der Waals surface area (Å²) in [6, 6.07) is 8.09. The highest BCUT2D eigenvalue weighted by atomic mass is 15.3. The number of nitrogens with zero attached hydrogens (tertiary/aromatic N) is 4. The zero-order valence-corrected chi connectivity index (χ0v) is 12.7. The second-order valence-corrected chi connectivity index (χ2v) is 5.54. The van der Waals surface area contributed by atoms with Crippen molar-refractivity contribution in [3.63, 3.8) is 0 Å². The van der Waals surface area contributed by atoms with Crippen LogP contribution in [0.2, 0.25) is 0 Å². The number of aromatic amines is 2. The van der Waals surface area contributed by atoms with Crippen LogP contribution in [0, 0.1) is 0 Å². The summed E-state index contributed by atoms with van der Waals surface area (Å²) in [5.74, 6) is 1.55. The van der Waals surface area contributed by atoms with E-state index in [-0.39, 0.29) is 11.9 Å². The molecule has 118 valence electrons. The second-order valence-electron chi connectivity index (χ2n) is 5.54. The first-order valence-corrected chi connectivity index (χ1v) is 7.09. The molecule has 0 fully saturated rings. The van der Waals surface area contributed by atoms with E-state index in [4.69, 9.17) is 11.5 Å². The van der Waals surface area contributed by atoms with E-state index in [0.717, 1.165) is 11.1 Å². The van der Waals surface area contributed by atoms with Crippen molar-refractivity contribution < 1.29 is 0 Å². The van der Waals surface area contributed by atoms with Crippen LogP contribution in [0.5, 0.6) is 0 Å². The summed E-state index contributed by atoms with van der Waals surface area (Å²) in [4.78, 5) is 8.53. The van der Waals surface area contributed by atoms with Crippen LogP contribution in [0.4, 0.5) is 11.9 Å². The van der Waals surface area contributed by atoms with E-state index in [0.29, 0.717) is 18.1 Å². The van der Waals surface area contributed by atoms with Gasteiger partial charge < -0.3 is 11.5 Å². The monoisotopic (exact) mass is 310 g/mol. The van der Waals surface area contributed by atoms with Gasteiger partial charge in [-0.25, -0.2) is 0 Å². The van der Waals surface area contributed by atoms with E-state index in [2.05, 4.69) is 36.9 Å². The number of nitrogens with two attached hydrogens (primary N) is 2. The minimum atomic E-state index is -0.620. The molecular formula is C15H18N8. The van der Waals surface area contributed by atoms with Crippen LogP contribution in [-0.2, 0) is 11.8 Å². The molecule has 0 atom stereocenters. The zero-order valence-electron chi connectivity index (χ0n) is 12.7. The number of nitrogen functional groups attached to an aromatic ring is 2. The summed E-state index contributed by atoms with van der Waals surface area (Å²) in [7, 11) is 0. The molecule has 0 saturated carbocycles. The first kappa shape index (κ1) is 14.8. The van der Waals surface area contributed by atoms with Gasteiger partial charge in [0.1, 0.15) is 11.6 Å². The Morgan fingerprint density at radius 2 is 1.57 bits per heavy atom. The van der Waals surface area contributed by atoms with Crippen LogP contribution in [0.1, 0.15) is 29.7 Å². The molecule has 0 aliphatic heterocycles. The van der Waals surface area contributed by atoms with E-state index in [1.165, 1.54) is 0 Å². The smallest absolute Gasteiger partial charge is 0.239 e. The normalized spacial score (nSPS) is 11.5. The summed E-state index contributed by atoms with van der Waals surface area (Å²) in [5.41, 5.74) is 12.8. The molecule has 3 rings (SSSR count).